The van der Waals surface area contributed by atoms with Gasteiger partial charge in [0.25, 0.3) is 15.9 Å². The molecule has 9 heteroatoms. The Balaban J connectivity index is 1.70. The van der Waals surface area contributed by atoms with Crippen molar-refractivity contribution in [1.82, 2.24) is 4.98 Å². The van der Waals surface area contributed by atoms with E-state index in [-0.39, 0.29) is 21.7 Å². The highest BCUT2D eigenvalue weighted by atomic mass is 32.2. The van der Waals surface area contributed by atoms with Gasteiger partial charge in [0.2, 0.25) is 0 Å². The molecular formula is C28H18N2O5S2. The van der Waals surface area contributed by atoms with Gasteiger partial charge in [0.05, 0.1) is 15.9 Å². The van der Waals surface area contributed by atoms with Crippen molar-refractivity contribution < 1.29 is 17.6 Å². The highest BCUT2D eigenvalue weighted by Crippen LogP contribution is 2.39. The molecule has 0 fully saturated rings. The Kier molecular flexibility index (Phi) is 5.40. The predicted molar refractivity (Wildman–Crippen MR) is 145 cm³/mol. The lowest BCUT2D eigenvalue weighted by atomic mass is 10.1. The van der Waals surface area contributed by atoms with E-state index in [1.165, 1.54) is 18.3 Å². The van der Waals surface area contributed by atoms with Gasteiger partial charge in [0.15, 0.2) is 5.58 Å². The summed E-state index contributed by atoms with van der Waals surface area (Å²) in [5.41, 5.74) is 1.86. The maximum absolute atomic E-state index is 14.4. The minimum absolute atomic E-state index is 0.101. The number of amides is 1. The minimum atomic E-state index is -4.47. The summed E-state index contributed by atoms with van der Waals surface area (Å²) in [7, 11) is -4.47. The summed E-state index contributed by atoms with van der Waals surface area (Å²) in [6, 6.07) is 23.5. The highest BCUT2D eigenvalue weighted by molar-refractivity contribution is 7.93. The van der Waals surface area contributed by atoms with E-state index in [0.717, 1.165) is 21.2 Å². The van der Waals surface area contributed by atoms with Crippen LogP contribution in [0.25, 0.3) is 32.0 Å². The molecule has 182 valence electrons. The molecule has 2 heterocycles. The molecule has 0 saturated heterocycles. The second kappa shape index (κ2) is 8.65. The Hall–Kier alpha value is -4.34. The van der Waals surface area contributed by atoms with Crippen molar-refractivity contribution in [1.29, 1.82) is 0 Å². The van der Waals surface area contributed by atoms with Crippen LogP contribution in [0, 0.1) is 6.92 Å². The predicted octanol–water partition coefficient (Wildman–Crippen LogP) is 5.90. The first-order valence-electron chi connectivity index (χ1n) is 11.3. The maximum atomic E-state index is 14.4. The van der Waals surface area contributed by atoms with Crippen LogP contribution in [0.5, 0.6) is 0 Å². The number of carbonyl (C=O) groups excluding carboxylic acids is 1. The van der Waals surface area contributed by atoms with Crippen molar-refractivity contribution in [2.24, 2.45) is 0 Å². The van der Waals surface area contributed by atoms with E-state index >= 15 is 0 Å². The fourth-order valence-corrected chi connectivity index (χ4v) is 6.71. The van der Waals surface area contributed by atoms with E-state index in [0.29, 0.717) is 26.4 Å². The van der Waals surface area contributed by atoms with Crippen LogP contribution in [0.15, 0.2) is 105 Å². The maximum Gasteiger partial charge on any atom is 0.396 e. The van der Waals surface area contributed by atoms with Gasteiger partial charge in [-0.3, -0.25) is 9.78 Å². The van der Waals surface area contributed by atoms with Gasteiger partial charge in [-0.15, -0.1) is 0 Å². The summed E-state index contributed by atoms with van der Waals surface area (Å²) in [6.45, 7) is 1.88. The van der Waals surface area contributed by atoms with Crippen molar-refractivity contribution in [3.63, 3.8) is 0 Å². The van der Waals surface area contributed by atoms with Gasteiger partial charge < -0.3 is 4.42 Å². The Morgan fingerprint density at radius 3 is 2.43 bits per heavy atom. The van der Waals surface area contributed by atoms with Crippen molar-refractivity contribution in [2.75, 3.05) is 4.31 Å². The van der Waals surface area contributed by atoms with Gasteiger partial charge >= 0.3 is 4.94 Å². The number of benzene rings is 4. The number of nitrogens with zero attached hydrogens (tertiary/aromatic N) is 2. The Morgan fingerprint density at radius 1 is 0.919 bits per heavy atom. The first-order chi connectivity index (χ1) is 17.8. The number of sulfonamides is 1. The number of para-hydroxylation sites is 1. The average molecular weight is 527 g/mol. The highest BCUT2D eigenvalue weighted by Gasteiger charge is 2.35. The summed E-state index contributed by atoms with van der Waals surface area (Å²) >= 11 is 0.850. The van der Waals surface area contributed by atoms with Gasteiger partial charge in [-0.2, -0.15) is 4.31 Å². The molecule has 0 N–H and O–H groups in total. The summed E-state index contributed by atoms with van der Waals surface area (Å²) < 4.78 is 35.4. The number of rotatable bonds is 4. The monoisotopic (exact) mass is 526 g/mol. The summed E-state index contributed by atoms with van der Waals surface area (Å²) in [5, 5.41) is 1.61. The second-order valence-corrected chi connectivity index (χ2v) is 11.2. The zero-order valence-electron chi connectivity index (χ0n) is 19.4. The van der Waals surface area contributed by atoms with Gasteiger partial charge in [-0.25, -0.2) is 13.2 Å². The lowest BCUT2D eigenvalue weighted by Gasteiger charge is -2.25. The van der Waals surface area contributed by atoms with Crippen molar-refractivity contribution in [3.05, 3.63) is 112 Å². The molecule has 0 saturated carbocycles. The van der Waals surface area contributed by atoms with Crippen molar-refractivity contribution >= 4 is 64.9 Å². The fourth-order valence-electron chi connectivity index (χ4n) is 4.39. The van der Waals surface area contributed by atoms with Crippen LogP contribution in [0.4, 0.5) is 5.69 Å². The van der Waals surface area contributed by atoms with E-state index in [2.05, 4.69) is 4.98 Å². The molecule has 4 aromatic carbocycles. The van der Waals surface area contributed by atoms with Crippen molar-refractivity contribution in [2.45, 2.75) is 11.8 Å². The molecule has 0 atom stereocenters. The van der Waals surface area contributed by atoms with Crippen LogP contribution in [0.2, 0.25) is 0 Å². The molecule has 0 aliphatic rings. The molecule has 1 amide bonds. The number of carbonyl (C=O) groups is 1. The fraction of sp³-hybridized carbons (Fsp3) is 0.0357. The normalized spacial score (nSPS) is 11.8. The van der Waals surface area contributed by atoms with E-state index in [4.69, 9.17) is 4.42 Å². The minimum Gasteiger partial charge on any atom is -0.413 e. The molecule has 0 radical (unpaired) electrons. The molecule has 0 unspecified atom stereocenters. The van der Waals surface area contributed by atoms with Crippen LogP contribution in [0.1, 0.15) is 15.9 Å². The standard InChI is InChI=1S/C28H18N2O5S2/c1-17-11-13-19(14-12-17)27(31)30(37(33,34)24-10-4-6-18-7-5-15-29-25(18)24)22-16-23-26(35-28(32)36-23)21-9-3-2-8-20(21)22/h2-16H,1H3. The van der Waals surface area contributed by atoms with Crippen LogP contribution < -0.4 is 9.24 Å². The van der Waals surface area contributed by atoms with Crippen LogP contribution in [-0.2, 0) is 10.0 Å². The molecular weight excluding hydrogens is 508 g/mol. The number of pyridine rings is 1. The smallest absolute Gasteiger partial charge is 0.396 e. The second-order valence-electron chi connectivity index (χ2n) is 8.49. The van der Waals surface area contributed by atoms with Gasteiger partial charge in [-0.1, -0.05) is 71.5 Å². The third-order valence-electron chi connectivity index (χ3n) is 6.13. The number of aryl methyl sites for hydroxylation is 1. The lowest BCUT2D eigenvalue weighted by molar-refractivity contribution is 0.101. The lowest BCUT2D eigenvalue weighted by Crippen LogP contribution is -2.37. The third-order valence-corrected chi connectivity index (χ3v) is 8.64. The average Bonchev–Trinajstić information content (AvgIpc) is 3.29. The zero-order chi connectivity index (χ0) is 25.7. The first-order valence-corrected chi connectivity index (χ1v) is 13.6. The first kappa shape index (κ1) is 23.1. The topological polar surface area (TPSA) is 97.5 Å². The summed E-state index contributed by atoms with van der Waals surface area (Å²) in [4.78, 5) is 29.8. The molecule has 6 aromatic rings. The number of hydrogen-bond donors (Lipinski definition) is 0. The molecule has 6 rings (SSSR count). The van der Waals surface area contributed by atoms with E-state index < -0.39 is 20.9 Å². The summed E-state index contributed by atoms with van der Waals surface area (Å²) in [6.07, 6.45) is 1.51. The molecule has 0 aliphatic heterocycles. The number of fused-ring (bicyclic) bond motifs is 4. The SMILES string of the molecule is Cc1ccc(C(=O)N(c2cc3sc(=O)oc3c3ccccc23)S(=O)(=O)c2cccc3cccnc23)cc1. The quantitative estimate of drug-likeness (QED) is 0.284. The van der Waals surface area contributed by atoms with Crippen LogP contribution >= 0.6 is 11.3 Å². The molecule has 2 aromatic heterocycles. The van der Waals surface area contributed by atoms with Gasteiger partial charge in [-0.05, 0) is 37.3 Å². The van der Waals surface area contributed by atoms with Crippen molar-refractivity contribution in [3.8, 4) is 0 Å². The number of anilines is 1. The largest absolute Gasteiger partial charge is 0.413 e. The molecule has 0 bridgehead atoms. The molecule has 7 nitrogen and oxygen atoms in total. The van der Waals surface area contributed by atoms with E-state index in [9.17, 15) is 18.0 Å². The Morgan fingerprint density at radius 2 is 1.65 bits per heavy atom. The molecule has 0 aliphatic carbocycles. The van der Waals surface area contributed by atoms with Crippen LogP contribution in [-0.4, -0.2) is 19.3 Å². The Bertz CT molecular complexity index is 2000. The third kappa shape index (κ3) is 3.80. The van der Waals surface area contributed by atoms with E-state index in [1.807, 2.05) is 6.92 Å². The van der Waals surface area contributed by atoms with Crippen LogP contribution in [0.3, 0.4) is 0 Å². The van der Waals surface area contributed by atoms with E-state index in [1.54, 1.807) is 72.8 Å². The zero-order valence-corrected chi connectivity index (χ0v) is 21.0. The summed E-state index contributed by atoms with van der Waals surface area (Å²) in [5.74, 6) is -0.728. The number of hydrogen-bond acceptors (Lipinski definition) is 7. The molecule has 0 spiro atoms. The van der Waals surface area contributed by atoms with Gasteiger partial charge in [0, 0.05) is 27.9 Å². The Labute approximate surface area is 215 Å². The number of aromatic nitrogens is 1. The van der Waals surface area contributed by atoms with Gasteiger partial charge in [0.1, 0.15) is 4.90 Å². The molecule has 37 heavy (non-hydrogen) atoms.